The van der Waals surface area contributed by atoms with Crippen molar-refractivity contribution in [3.05, 3.63) is 0 Å². The highest BCUT2D eigenvalue weighted by Crippen LogP contribution is 2.05. The van der Waals surface area contributed by atoms with Gasteiger partial charge in [0.25, 0.3) is 0 Å². The van der Waals surface area contributed by atoms with Crippen LogP contribution in [0.5, 0.6) is 0 Å². The summed E-state index contributed by atoms with van der Waals surface area (Å²) < 4.78 is 4.81. The standard InChI is InChI=1S/C6H12O2S/c1-4-9-6(7)8-5(2)3/h5H,4H2,1-3H3. The normalized spacial score (nSPS) is 9.78. The molecule has 0 spiro atoms. The highest BCUT2D eigenvalue weighted by molar-refractivity contribution is 8.13. The first-order valence-corrected chi connectivity index (χ1v) is 3.98. The molecule has 0 fully saturated rings. The van der Waals surface area contributed by atoms with E-state index in [-0.39, 0.29) is 11.4 Å². The van der Waals surface area contributed by atoms with Crippen molar-refractivity contribution in [3.8, 4) is 0 Å². The Kier molecular flexibility index (Phi) is 4.58. The lowest BCUT2D eigenvalue weighted by atomic mass is 10.5. The minimum absolute atomic E-state index is 0.0107. The van der Waals surface area contributed by atoms with Crippen molar-refractivity contribution in [2.75, 3.05) is 5.75 Å². The number of carbonyl (C=O) groups is 1. The van der Waals surface area contributed by atoms with E-state index < -0.39 is 0 Å². The van der Waals surface area contributed by atoms with Gasteiger partial charge in [-0.15, -0.1) is 0 Å². The van der Waals surface area contributed by atoms with Crippen LogP contribution in [0.25, 0.3) is 0 Å². The summed E-state index contributed by atoms with van der Waals surface area (Å²) in [5, 5.41) is -0.174. The second kappa shape index (κ2) is 4.68. The molecule has 0 aliphatic heterocycles. The van der Waals surface area contributed by atoms with Gasteiger partial charge in [-0.2, -0.15) is 0 Å². The molecule has 0 saturated carbocycles. The van der Waals surface area contributed by atoms with Crippen LogP contribution >= 0.6 is 11.8 Å². The average molecular weight is 148 g/mol. The van der Waals surface area contributed by atoms with Crippen LogP contribution in [-0.2, 0) is 4.74 Å². The third kappa shape index (κ3) is 5.69. The van der Waals surface area contributed by atoms with Crippen LogP contribution in [-0.4, -0.2) is 17.2 Å². The third-order valence-electron chi connectivity index (χ3n) is 0.594. The van der Waals surface area contributed by atoms with E-state index in [0.29, 0.717) is 0 Å². The molecule has 2 nitrogen and oxygen atoms in total. The van der Waals surface area contributed by atoms with E-state index in [1.807, 2.05) is 20.8 Å². The molecule has 9 heavy (non-hydrogen) atoms. The van der Waals surface area contributed by atoms with Gasteiger partial charge in [-0.1, -0.05) is 6.92 Å². The quantitative estimate of drug-likeness (QED) is 0.562. The first-order valence-electron chi connectivity index (χ1n) is 3.00. The Morgan fingerprint density at radius 3 is 2.56 bits per heavy atom. The van der Waals surface area contributed by atoms with Gasteiger partial charge in [-0.25, -0.2) is 4.79 Å². The van der Waals surface area contributed by atoms with Gasteiger partial charge < -0.3 is 4.74 Å². The molecule has 54 valence electrons. The molecule has 0 saturated heterocycles. The smallest absolute Gasteiger partial charge is 0.367 e. The lowest BCUT2D eigenvalue weighted by Crippen LogP contribution is -2.06. The zero-order chi connectivity index (χ0) is 7.28. The summed E-state index contributed by atoms with van der Waals surface area (Å²) >= 11 is 1.20. The van der Waals surface area contributed by atoms with Gasteiger partial charge in [0.2, 0.25) is 0 Å². The molecule has 0 amide bonds. The Labute approximate surface area is 60.0 Å². The average Bonchev–Trinajstić information content (AvgIpc) is 1.63. The van der Waals surface area contributed by atoms with E-state index in [0.717, 1.165) is 5.75 Å². The minimum atomic E-state index is -0.174. The Morgan fingerprint density at radius 1 is 1.67 bits per heavy atom. The van der Waals surface area contributed by atoms with E-state index in [4.69, 9.17) is 4.74 Å². The maximum Gasteiger partial charge on any atom is 0.367 e. The van der Waals surface area contributed by atoms with E-state index in [2.05, 4.69) is 0 Å². The summed E-state index contributed by atoms with van der Waals surface area (Å²) in [6.07, 6.45) is 0.0107. The molecule has 0 aromatic carbocycles. The number of rotatable bonds is 2. The predicted molar refractivity (Wildman–Crippen MR) is 39.7 cm³/mol. The molecule has 0 aliphatic carbocycles. The Morgan fingerprint density at radius 2 is 2.22 bits per heavy atom. The van der Waals surface area contributed by atoms with Crippen molar-refractivity contribution in [3.63, 3.8) is 0 Å². The fraction of sp³-hybridized carbons (Fsp3) is 0.833. The SMILES string of the molecule is CCSC(=O)OC(C)C. The fourth-order valence-electron chi connectivity index (χ4n) is 0.344. The van der Waals surface area contributed by atoms with Gasteiger partial charge in [-0.3, -0.25) is 0 Å². The topological polar surface area (TPSA) is 26.3 Å². The largest absolute Gasteiger partial charge is 0.455 e. The molecule has 0 atom stereocenters. The highest BCUT2D eigenvalue weighted by atomic mass is 32.2. The molecule has 0 bridgehead atoms. The Bertz CT molecular complexity index is 91.1. The number of thioether (sulfide) groups is 1. The molecule has 0 heterocycles. The number of ether oxygens (including phenoxy) is 1. The van der Waals surface area contributed by atoms with Crippen LogP contribution in [0.3, 0.4) is 0 Å². The maximum atomic E-state index is 10.6. The molecule has 0 aromatic heterocycles. The highest BCUT2D eigenvalue weighted by Gasteiger charge is 2.02. The van der Waals surface area contributed by atoms with E-state index in [1.54, 1.807) is 0 Å². The summed E-state index contributed by atoms with van der Waals surface area (Å²) in [6.45, 7) is 5.61. The zero-order valence-electron chi connectivity index (χ0n) is 6.01. The van der Waals surface area contributed by atoms with Gasteiger partial charge >= 0.3 is 5.30 Å². The van der Waals surface area contributed by atoms with E-state index >= 15 is 0 Å². The molecular weight excluding hydrogens is 136 g/mol. The Hall–Kier alpha value is -0.180. The summed E-state index contributed by atoms with van der Waals surface area (Å²) in [4.78, 5) is 10.6. The van der Waals surface area contributed by atoms with Gasteiger partial charge in [-0.05, 0) is 25.6 Å². The number of hydrogen-bond acceptors (Lipinski definition) is 3. The van der Waals surface area contributed by atoms with Gasteiger partial charge in [0.1, 0.15) is 0 Å². The molecule has 0 radical (unpaired) electrons. The molecule has 0 aliphatic rings. The van der Waals surface area contributed by atoms with Crippen LogP contribution in [0.4, 0.5) is 4.79 Å². The summed E-state index contributed by atoms with van der Waals surface area (Å²) in [5.74, 6) is 0.783. The summed E-state index contributed by atoms with van der Waals surface area (Å²) in [5.41, 5.74) is 0. The number of carbonyl (C=O) groups excluding carboxylic acids is 1. The molecular formula is C6H12O2S. The first-order chi connectivity index (χ1) is 4.16. The van der Waals surface area contributed by atoms with Gasteiger partial charge in [0.05, 0.1) is 6.10 Å². The van der Waals surface area contributed by atoms with Crippen molar-refractivity contribution in [1.82, 2.24) is 0 Å². The van der Waals surface area contributed by atoms with Crippen LogP contribution in [0.15, 0.2) is 0 Å². The first kappa shape index (κ1) is 8.82. The van der Waals surface area contributed by atoms with Crippen LogP contribution in [0.1, 0.15) is 20.8 Å². The van der Waals surface area contributed by atoms with Crippen molar-refractivity contribution in [2.45, 2.75) is 26.9 Å². The number of hydrogen-bond donors (Lipinski definition) is 0. The van der Waals surface area contributed by atoms with Crippen molar-refractivity contribution < 1.29 is 9.53 Å². The molecule has 0 unspecified atom stereocenters. The monoisotopic (exact) mass is 148 g/mol. The fourth-order valence-corrected chi connectivity index (χ4v) is 0.841. The second-order valence-corrected chi connectivity index (χ2v) is 3.05. The maximum absolute atomic E-state index is 10.6. The summed E-state index contributed by atoms with van der Waals surface area (Å²) in [7, 11) is 0. The predicted octanol–water partition coefficient (Wildman–Crippen LogP) is 2.28. The lowest BCUT2D eigenvalue weighted by Gasteiger charge is -2.04. The van der Waals surface area contributed by atoms with Crippen molar-refractivity contribution in [2.24, 2.45) is 0 Å². The van der Waals surface area contributed by atoms with E-state index in [1.165, 1.54) is 11.8 Å². The van der Waals surface area contributed by atoms with Gasteiger partial charge in [0, 0.05) is 5.75 Å². The minimum Gasteiger partial charge on any atom is -0.455 e. The van der Waals surface area contributed by atoms with Crippen LogP contribution in [0, 0.1) is 0 Å². The van der Waals surface area contributed by atoms with Crippen molar-refractivity contribution >= 4 is 17.1 Å². The zero-order valence-corrected chi connectivity index (χ0v) is 6.83. The van der Waals surface area contributed by atoms with Gasteiger partial charge in [0.15, 0.2) is 0 Å². The lowest BCUT2D eigenvalue weighted by molar-refractivity contribution is 0.143. The van der Waals surface area contributed by atoms with Crippen molar-refractivity contribution in [1.29, 1.82) is 0 Å². The Balaban J connectivity index is 3.27. The molecule has 3 heteroatoms. The molecule has 0 rings (SSSR count). The second-order valence-electron chi connectivity index (χ2n) is 1.85. The molecule has 0 aromatic rings. The third-order valence-corrected chi connectivity index (χ3v) is 1.21. The van der Waals surface area contributed by atoms with Crippen LogP contribution < -0.4 is 0 Å². The van der Waals surface area contributed by atoms with E-state index in [9.17, 15) is 4.79 Å². The van der Waals surface area contributed by atoms with Crippen LogP contribution in [0.2, 0.25) is 0 Å². The molecule has 0 N–H and O–H groups in total. The summed E-state index contributed by atoms with van der Waals surface area (Å²) in [6, 6.07) is 0.